The lowest BCUT2D eigenvalue weighted by molar-refractivity contribution is -0.117. The Labute approximate surface area is 141 Å². The molecule has 0 aliphatic heterocycles. The summed E-state index contributed by atoms with van der Waals surface area (Å²) in [5.74, 6) is -0.549. The lowest BCUT2D eigenvalue weighted by Crippen LogP contribution is -2.26. The Bertz CT molecular complexity index is 835. The van der Waals surface area contributed by atoms with Crippen LogP contribution in [0, 0.1) is 5.41 Å². The van der Waals surface area contributed by atoms with Gasteiger partial charge in [0.15, 0.2) is 15.6 Å². The summed E-state index contributed by atoms with van der Waals surface area (Å²) in [6, 6.07) is 3.80. The first-order valence-electron chi connectivity index (χ1n) is 7.61. The molecule has 0 unspecified atom stereocenters. The van der Waals surface area contributed by atoms with Gasteiger partial charge in [-0.15, -0.1) is 0 Å². The third-order valence-electron chi connectivity index (χ3n) is 3.92. The second kappa shape index (κ2) is 6.39. The van der Waals surface area contributed by atoms with Gasteiger partial charge in [0.1, 0.15) is 17.2 Å². The minimum atomic E-state index is -3.43. The highest BCUT2D eigenvalue weighted by Crippen LogP contribution is 2.36. The number of sulfone groups is 1. The number of hydrogen-bond acceptors (Lipinski definition) is 6. The van der Waals surface area contributed by atoms with E-state index in [2.05, 4.69) is 4.99 Å². The zero-order valence-corrected chi connectivity index (χ0v) is 14.7. The van der Waals surface area contributed by atoms with Crippen LogP contribution in [0.3, 0.4) is 0 Å². The standard InChI is InChI=1S/C17H21NO5S/c1-4-24(22,23)11-5-6-14(19)13(7-11)18-10-12-15(20)8-17(2,3)9-16(12)21/h5-7,10,19-20H,4,8-9H2,1-3H3. The van der Waals surface area contributed by atoms with Crippen molar-refractivity contribution in [3.05, 3.63) is 29.5 Å². The normalized spacial score (nSPS) is 18.4. The van der Waals surface area contributed by atoms with E-state index >= 15 is 0 Å². The number of Topliss-reactive ketones (excluding diaryl/α,β-unsaturated/α-hetero) is 1. The van der Waals surface area contributed by atoms with Crippen molar-refractivity contribution in [2.45, 2.75) is 38.5 Å². The molecule has 0 saturated carbocycles. The first-order chi connectivity index (χ1) is 11.1. The number of carbonyl (C=O) groups is 1. The van der Waals surface area contributed by atoms with Crippen LogP contribution in [0.5, 0.6) is 5.75 Å². The molecule has 1 aliphatic carbocycles. The molecule has 24 heavy (non-hydrogen) atoms. The summed E-state index contributed by atoms with van der Waals surface area (Å²) in [7, 11) is -3.43. The van der Waals surface area contributed by atoms with Crippen LogP contribution in [0.2, 0.25) is 0 Å². The van der Waals surface area contributed by atoms with Crippen LogP contribution in [0.25, 0.3) is 0 Å². The van der Waals surface area contributed by atoms with E-state index in [-0.39, 0.29) is 51.0 Å². The summed E-state index contributed by atoms with van der Waals surface area (Å²) in [6.07, 6.45) is 1.83. The molecule has 2 rings (SSSR count). The topological polar surface area (TPSA) is 104 Å². The molecule has 130 valence electrons. The second-order valence-corrected chi connectivity index (χ2v) is 8.89. The van der Waals surface area contributed by atoms with Gasteiger partial charge in [0.25, 0.3) is 0 Å². The summed E-state index contributed by atoms with van der Waals surface area (Å²) in [4.78, 5) is 16.2. The molecule has 0 atom stereocenters. The summed E-state index contributed by atoms with van der Waals surface area (Å²) in [5, 5.41) is 19.9. The van der Waals surface area contributed by atoms with Crippen LogP contribution in [-0.2, 0) is 14.6 Å². The highest BCUT2D eigenvalue weighted by atomic mass is 32.2. The van der Waals surface area contributed by atoms with E-state index in [1.54, 1.807) is 0 Å². The van der Waals surface area contributed by atoms with Gasteiger partial charge >= 0.3 is 0 Å². The van der Waals surface area contributed by atoms with Crippen LogP contribution in [0.15, 0.2) is 39.4 Å². The Morgan fingerprint density at radius 2 is 1.92 bits per heavy atom. The summed E-state index contributed by atoms with van der Waals surface area (Å²) >= 11 is 0. The molecule has 0 fully saturated rings. The fourth-order valence-corrected chi connectivity index (χ4v) is 3.45. The molecule has 1 aromatic carbocycles. The van der Waals surface area contributed by atoms with E-state index in [0.717, 1.165) is 0 Å². The molecule has 0 saturated heterocycles. The quantitative estimate of drug-likeness (QED) is 0.811. The van der Waals surface area contributed by atoms with Gasteiger partial charge in [-0.25, -0.2) is 8.42 Å². The number of allylic oxidation sites excluding steroid dienone is 2. The fourth-order valence-electron chi connectivity index (χ4n) is 2.55. The molecule has 0 radical (unpaired) electrons. The molecule has 0 bridgehead atoms. The average molecular weight is 351 g/mol. The van der Waals surface area contributed by atoms with E-state index in [9.17, 15) is 23.4 Å². The van der Waals surface area contributed by atoms with Gasteiger partial charge in [-0.1, -0.05) is 20.8 Å². The van der Waals surface area contributed by atoms with Gasteiger partial charge < -0.3 is 10.2 Å². The van der Waals surface area contributed by atoms with Crippen molar-refractivity contribution in [2.75, 3.05) is 5.75 Å². The average Bonchev–Trinajstić information content (AvgIpc) is 2.46. The van der Waals surface area contributed by atoms with Crippen molar-refractivity contribution in [1.82, 2.24) is 0 Å². The van der Waals surface area contributed by atoms with Crippen LogP contribution in [-0.4, -0.2) is 36.4 Å². The third kappa shape index (κ3) is 3.84. The van der Waals surface area contributed by atoms with Crippen molar-refractivity contribution in [3.8, 4) is 5.75 Å². The predicted molar refractivity (Wildman–Crippen MR) is 91.7 cm³/mol. The number of aliphatic hydroxyl groups excluding tert-OH is 1. The van der Waals surface area contributed by atoms with Crippen LogP contribution < -0.4 is 0 Å². The van der Waals surface area contributed by atoms with Crippen molar-refractivity contribution in [2.24, 2.45) is 10.4 Å². The number of carbonyl (C=O) groups excluding carboxylic acids is 1. The number of benzene rings is 1. The Hall–Kier alpha value is -2.15. The van der Waals surface area contributed by atoms with Gasteiger partial charge in [0.2, 0.25) is 0 Å². The molecular formula is C17H21NO5S. The molecule has 6 nitrogen and oxygen atoms in total. The molecule has 0 heterocycles. The van der Waals surface area contributed by atoms with Gasteiger partial charge in [-0.2, -0.15) is 0 Å². The molecule has 0 amide bonds. The monoisotopic (exact) mass is 351 g/mol. The first-order valence-corrected chi connectivity index (χ1v) is 9.26. The number of phenols is 1. The predicted octanol–water partition coefficient (Wildman–Crippen LogP) is 3.09. The molecule has 1 aromatic rings. The van der Waals surface area contributed by atoms with Crippen LogP contribution in [0.1, 0.15) is 33.6 Å². The summed E-state index contributed by atoms with van der Waals surface area (Å²) in [6.45, 7) is 5.30. The van der Waals surface area contributed by atoms with E-state index in [4.69, 9.17) is 0 Å². The molecule has 0 spiro atoms. The Morgan fingerprint density at radius 3 is 2.50 bits per heavy atom. The number of hydrogen-bond donors (Lipinski definition) is 2. The van der Waals surface area contributed by atoms with Crippen molar-refractivity contribution in [3.63, 3.8) is 0 Å². The van der Waals surface area contributed by atoms with Gasteiger partial charge in [-0.3, -0.25) is 9.79 Å². The molecule has 7 heteroatoms. The van der Waals surface area contributed by atoms with E-state index < -0.39 is 9.84 Å². The molecule has 0 aromatic heterocycles. The Balaban J connectivity index is 2.39. The Kier molecular flexibility index (Phi) is 4.85. The highest BCUT2D eigenvalue weighted by Gasteiger charge is 2.32. The molecule has 1 aliphatic rings. The fraction of sp³-hybridized carbons (Fsp3) is 0.412. The second-order valence-electron chi connectivity index (χ2n) is 6.61. The minimum Gasteiger partial charge on any atom is -0.511 e. The van der Waals surface area contributed by atoms with E-state index in [1.807, 2.05) is 13.8 Å². The van der Waals surface area contributed by atoms with Gasteiger partial charge in [0, 0.05) is 19.1 Å². The van der Waals surface area contributed by atoms with Crippen molar-refractivity contribution < 1.29 is 23.4 Å². The lowest BCUT2D eigenvalue weighted by atomic mass is 9.77. The van der Waals surface area contributed by atoms with Crippen molar-refractivity contribution >= 4 is 27.5 Å². The summed E-state index contributed by atoms with van der Waals surface area (Å²) < 4.78 is 23.8. The van der Waals surface area contributed by atoms with E-state index in [1.165, 1.54) is 31.3 Å². The van der Waals surface area contributed by atoms with Crippen LogP contribution >= 0.6 is 0 Å². The smallest absolute Gasteiger partial charge is 0.178 e. The zero-order valence-electron chi connectivity index (χ0n) is 13.9. The third-order valence-corrected chi connectivity index (χ3v) is 5.65. The maximum absolute atomic E-state index is 12.1. The largest absolute Gasteiger partial charge is 0.511 e. The minimum absolute atomic E-state index is 0.0301. The first kappa shape index (κ1) is 18.2. The number of aromatic hydroxyl groups is 1. The Morgan fingerprint density at radius 1 is 1.25 bits per heavy atom. The SMILES string of the molecule is CCS(=O)(=O)c1ccc(O)c(N=CC2=C(O)CC(C)(C)CC2=O)c1. The zero-order chi connectivity index (χ0) is 18.1. The maximum Gasteiger partial charge on any atom is 0.178 e. The maximum atomic E-state index is 12.1. The number of nitrogens with zero attached hydrogens (tertiary/aromatic N) is 1. The number of aliphatic hydroxyl groups is 1. The number of aliphatic imine (C=N–C) groups is 1. The highest BCUT2D eigenvalue weighted by molar-refractivity contribution is 7.91. The van der Waals surface area contributed by atoms with E-state index in [0.29, 0.717) is 6.42 Å². The number of phenolic OH excluding ortho intramolecular Hbond substituents is 1. The molecular weight excluding hydrogens is 330 g/mol. The number of rotatable bonds is 4. The van der Waals surface area contributed by atoms with Gasteiger partial charge in [0.05, 0.1) is 16.2 Å². The van der Waals surface area contributed by atoms with Gasteiger partial charge in [-0.05, 0) is 23.6 Å². The lowest BCUT2D eigenvalue weighted by Gasteiger charge is -2.28. The summed E-state index contributed by atoms with van der Waals surface area (Å²) in [5.41, 5.74) is -0.185. The van der Waals surface area contributed by atoms with Crippen LogP contribution in [0.4, 0.5) is 5.69 Å². The number of ketones is 1. The molecule has 2 N–H and O–H groups in total. The van der Waals surface area contributed by atoms with Crippen molar-refractivity contribution in [1.29, 1.82) is 0 Å².